The molecule has 2 aliphatic rings. The van der Waals surface area contributed by atoms with Crippen LogP contribution in [0.5, 0.6) is 0 Å². The molecule has 2 nitrogen and oxygen atoms in total. The van der Waals surface area contributed by atoms with Crippen molar-refractivity contribution in [2.75, 3.05) is 26.7 Å². The van der Waals surface area contributed by atoms with Crippen LogP contribution in [0.25, 0.3) is 0 Å². The highest BCUT2D eigenvalue weighted by molar-refractivity contribution is 4.84. The minimum absolute atomic E-state index is 0.509. The Labute approximate surface area is 126 Å². The molecular formula is C18H36N2. The predicted molar refractivity (Wildman–Crippen MR) is 88.0 cm³/mol. The molecule has 0 aromatic carbocycles. The molecule has 0 bridgehead atoms. The first kappa shape index (κ1) is 16.3. The lowest BCUT2D eigenvalue weighted by Gasteiger charge is -2.37. The summed E-state index contributed by atoms with van der Waals surface area (Å²) in [5, 5.41) is 3.35. The zero-order chi connectivity index (χ0) is 14.6. The van der Waals surface area contributed by atoms with Crippen molar-refractivity contribution in [1.29, 1.82) is 0 Å². The van der Waals surface area contributed by atoms with E-state index in [0.717, 1.165) is 17.9 Å². The van der Waals surface area contributed by atoms with E-state index < -0.39 is 0 Å². The summed E-state index contributed by atoms with van der Waals surface area (Å²) in [6, 6.07) is 0.887. The number of likely N-dealkylation sites (tertiary alicyclic amines) is 1. The fourth-order valence-corrected chi connectivity index (χ4v) is 4.32. The number of hydrogen-bond donors (Lipinski definition) is 1. The molecule has 2 fully saturated rings. The van der Waals surface area contributed by atoms with E-state index in [1.807, 2.05) is 0 Å². The fourth-order valence-electron chi connectivity index (χ4n) is 4.32. The van der Waals surface area contributed by atoms with Gasteiger partial charge in [0, 0.05) is 6.04 Å². The largest absolute Gasteiger partial charge is 0.319 e. The SMILES string of the molecule is CNCC1CCN(C2CCCC(C(C)(C)C)CC2)CC1. The molecule has 1 aliphatic heterocycles. The Balaban J connectivity index is 1.80. The van der Waals surface area contributed by atoms with Crippen molar-refractivity contribution < 1.29 is 0 Å². The van der Waals surface area contributed by atoms with Crippen LogP contribution in [0.4, 0.5) is 0 Å². The van der Waals surface area contributed by atoms with Crippen molar-refractivity contribution in [2.24, 2.45) is 17.3 Å². The van der Waals surface area contributed by atoms with E-state index in [0.29, 0.717) is 5.41 Å². The van der Waals surface area contributed by atoms with Gasteiger partial charge in [0.2, 0.25) is 0 Å². The standard InChI is InChI=1S/C18H36N2/c1-18(2,3)16-6-5-7-17(9-8-16)20-12-10-15(11-13-20)14-19-4/h15-17,19H,5-14H2,1-4H3. The molecule has 0 amide bonds. The normalized spacial score (nSPS) is 31.2. The second-order valence-corrected chi connectivity index (χ2v) is 8.26. The summed E-state index contributed by atoms with van der Waals surface area (Å²) in [5.74, 6) is 1.86. The van der Waals surface area contributed by atoms with Gasteiger partial charge in [-0.3, -0.25) is 0 Å². The van der Waals surface area contributed by atoms with Crippen molar-refractivity contribution in [2.45, 2.75) is 71.8 Å². The molecule has 2 rings (SSSR count). The third-order valence-electron chi connectivity index (χ3n) is 5.82. The van der Waals surface area contributed by atoms with Crippen molar-refractivity contribution in [1.82, 2.24) is 10.2 Å². The van der Waals surface area contributed by atoms with Crippen molar-refractivity contribution in [3.8, 4) is 0 Å². The van der Waals surface area contributed by atoms with Crippen LogP contribution in [0, 0.1) is 17.3 Å². The third kappa shape index (κ3) is 4.46. The molecule has 118 valence electrons. The first-order valence-electron chi connectivity index (χ1n) is 8.89. The summed E-state index contributed by atoms with van der Waals surface area (Å²) in [4.78, 5) is 2.82. The van der Waals surface area contributed by atoms with Gasteiger partial charge in [-0.05, 0) is 82.5 Å². The molecule has 2 heteroatoms. The lowest BCUT2D eigenvalue weighted by molar-refractivity contribution is 0.118. The second kappa shape index (κ2) is 7.26. The first-order chi connectivity index (χ1) is 9.50. The summed E-state index contributed by atoms with van der Waals surface area (Å²) in [5.41, 5.74) is 0.509. The van der Waals surface area contributed by atoms with E-state index in [4.69, 9.17) is 0 Å². The minimum atomic E-state index is 0.509. The topological polar surface area (TPSA) is 15.3 Å². The van der Waals surface area contributed by atoms with E-state index >= 15 is 0 Å². The van der Waals surface area contributed by atoms with Gasteiger partial charge in [0.15, 0.2) is 0 Å². The fraction of sp³-hybridized carbons (Fsp3) is 1.00. The maximum Gasteiger partial charge on any atom is 0.00953 e. The molecule has 1 N–H and O–H groups in total. The van der Waals surface area contributed by atoms with Gasteiger partial charge >= 0.3 is 0 Å². The van der Waals surface area contributed by atoms with Gasteiger partial charge < -0.3 is 10.2 Å². The van der Waals surface area contributed by atoms with Crippen LogP contribution in [-0.2, 0) is 0 Å². The Bertz CT molecular complexity index is 274. The van der Waals surface area contributed by atoms with Gasteiger partial charge in [0.25, 0.3) is 0 Å². The Kier molecular flexibility index (Phi) is 5.92. The second-order valence-electron chi connectivity index (χ2n) is 8.26. The molecule has 0 spiro atoms. The Morgan fingerprint density at radius 3 is 2.25 bits per heavy atom. The molecule has 0 radical (unpaired) electrons. The monoisotopic (exact) mass is 280 g/mol. The summed E-state index contributed by atoms with van der Waals surface area (Å²) in [7, 11) is 2.09. The molecule has 1 saturated heterocycles. The van der Waals surface area contributed by atoms with Crippen LogP contribution >= 0.6 is 0 Å². The van der Waals surface area contributed by atoms with Crippen molar-refractivity contribution in [3.63, 3.8) is 0 Å². The average molecular weight is 280 g/mol. The van der Waals surface area contributed by atoms with Gasteiger partial charge in [-0.15, -0.1) is 0 Å². The molecule has 20 heavy (non-hydrogen) atoms. The van der Waals surface area contributed by atoms with E-state index in [1.165, 1.54) is 64.6 Å². The predicted octanol–water partition coefficient (Wildman–Crippen LogP) is 3.91. The van der Waals surface area contributed by atoms with Crippen LogP contribution < -0.4 is 5.32 Å². The first-order valence-corrected chi connectivity index (χ1v) is 8.89. The third-order valence-corrected chi connectivity index (χ3v) is 5.82. The average Bonchev–Trinajstić information content (AvgIpc) is 2.65. The van der Waals surface area contributed by atoms with Gasteiger partial charge in [0.1, 0.15) is 0 Å². The Morgan fingerprint density at radius 2 is 1.65 bits per heavy atom. The lowest BCUT2D eigenvalue weighted by atomic mass is 9.76. The number of hydrogen-bond acceptors (Lipinski definition) is 2. The summed E-state index contributed by atoms with van der Waals surface area (Å²) < 4.78 is 0. The Hall–Kier alpha value is -0.0800. The number of piperidine rings is 1. The maximum absolute atomic E-state index is 3.35. The van der Waals surface area contributed by atoms with Gasteiger partial charge in [-0.25, -0.2) is 0 Å². The molecule has 2 atom stereocenters. The minimum Gasteiger partial charge on any atom is -0.319 e. The van der Waals surface area contributed by atoms with Crippen molar-refractivity contribution >= 4 is 0 Å². The summed E-state index contributed by atoms with van der Waals surface area (Å²) >= 11 is 0. The van der Waals surface area contributed by atoms with E-state index in [1.54, 1.807) is 0 Å². The van der Waals surface area contributed by atoms with Gasteiger partial charge in [-0.2, -0.15) is 0 Å². The lowest BCUT2D eigenvalue weighted by Crippen LogP contribution is -2.42. The van der Waals surface area contributed by atoms with Crippen LogP contribution in [0.15, 0.2) is 0 Å². The molecule has 0 aromatic rings. The Morgan fingerprint density at radius 1 is 0.950 bits per heavy atom. The molecule has 0 aromatic heterocycles. The summed E-state index contributed by atoms with van der Waals surface area (Å²) in [6.45, 7) is 11.2. The highest BCUT2D eigenvalue weighted by atomic mass is 15.2. The quantitative estimate of drug-likeness (QED) is 0.788. The summed E-state index contributed by atoms with van der Waals surface area (Å²) in [6.07, 6.45) is 10.0. The van der Waals surface area contributed by atoms with E-state index in [-0.39, 0.29) is 0 Å². The molecular weight excluding hydrogens is 244 g/mol. The molecule has 1 aliphatic carbocycles. The number of nitrogens with zero attached hydrogens (tertiary/aromatic N) is 1. The highest BCUT2D eigenvalue weighted by Gasteiger charge is 2.31. The van der Waals surface area contributed by atoms with Crippen LogP contribution in [-0.4, -0.2) is 37.6 Å². The van der Waals surface area contributed by atoms with Crippen molar-refractivity contribution in [3.05, 3.63) is 0 Å². The molecule has 2 unspecified atom stereocenters. The smallest absolute Gasteiger partial charge is 0.00953 e. The van der Waals surface area contributed by atoms with Gasteiger partial charge in [0.05, 0.1) is 0 Å². The molecule has 1 heterocycles. The highest BCUT2D eigenvalue weighted by Crippen LogP contribution is 2.38. The zero-order valence-electron chi connectivity index (χ0n) is 14.3. The van der Waals surface area contributed by atoms with Gasteiger partial charge in [-0.1, -0.05) is 27.2 Å². The van der Waals surface area contributed by atoms with E-state index in [2.05, 4.69) is 38.0 Å². The molecule has 1 saturated carbocycles. The maximum atomic E-state index is 3.35. The number of nitrogens with one attached hydrogen (secondary N) is 1. The van der Waals surface area contributed by atoms with Crippen LogP contribution in [0.3, 0.4) is 0 Å². The zero-order valence-corrected chi connectivity index (χ0v) is 14.3. The van der Waals surface area contributed by atoms with Crippen LogP contribution in [0.1, 0.15) is 65.7 Å². The van der Waals surface area contributed by atoms with E-state index in [9.17, 15) is 0 Å². The van der Waals surface area contributed by atoms with Crippen LogP contribution in [0.2, 0.25) is 0 Å². The number of rotatable bonds is 3.